The molecule has 0 saturated heterocycles. The number of aromatic nitrogens is 7. The van der Waals surface area contributed by atoms with E-state index in [4.69, 9.17) is 4.98 Å². The molecule has 144 valence electrons. The number of H-pyrrole nitrogens is 1. The van der Waals surface area contributed by atoms with Gasteiger partial charge in [0.1, 0.15) is 23.3 Å². The molecule has 9 heteroatoms. The Balaban J connectivity index is 1.59. The van der Waals surface area contributed by atoms with E-state index in [0.717, 1.165) is 5.56 Å². The summed E-state index contributed by atoms with van der Waals surface area (Å²) < 4.78 is 3.27. The minimum absolute atomic E-state index is 0.137. The molecule has 1 atom stereocenters. The predicted molar refractivity (Wildman–Crippen MR) is 109 cm³/mol. The van der Waals surface area contributed by atoms with Gasteiger partial charge in [0.15, 0.2) is 11.5 Å². The normalized spacial score (nSPS) is 12.4. The first kappa shape index (κ1) is 17.1. The summed E-state index contributed by atoms with van der Waals surface area (Å²) in [5.74, 6) is 1.22. The summed E-state index contributed by atoms with van der Waals surface area (Å²) in [6.45, 7) is 2.31. The van der Waals surface area contributed by atoms with Gasteiger partial charge >= 0.3 is 5.69 Å². The van der Waals surface area contributed by atoms with Crippen LogP contribution in [0, 0.1) is 0 Å². The van der Waals surface area contributed by atoms with E-state index in [2.05, 4.69) is 25.3 Å². The standard InChI is InChI=1S/C20H18N8O/c1-13(14-6-3-2-4-7-14)28-16(26-15-8-5-9-27(15)20(28)29)10-21-18-17-19(23-11-22-17)25-12-24-18/h2-9,11-13H,10H2,1H3,(H2,21,22,23,24,25). The van der Waals surface area contributed by atoms with Crippen molar-refractivity contribution in [1.29, 1.82) is 0 Å². The molecule has 29 heavy (non-hydrogen) atoms. The maximum atomic E-state index is 13.2. The van der Waals surface area contributed by atoms with Crippen LogP contribution in [0.4, 0.5) is 5.82 Å². The summed E-state index contributed by atoms with van der Waals surface area (Å²) in [5.41, 5.74) is 2.79. The Morgan fingerprint density at radius 1 is 1.10 bits per heavy atom. The van der Waals surface area contributed by atoms with Crippen LogP contribution in [0.25, 0.3) is 16.8 Å². The van der Waals surface area contributed by atoms with Crippen LogP contribution < -0.4 is 11.0 Å². The molecule has 0 bridgehead atoms. The number of fused-ring (bicyclic) bond motifs is 2. The largest absolute Gasteiger partial charge is 0.361 e. The number of nitrogens with zero attached hydrogens (tertiary/aromatic N) is 6. The average Bonchev–Trinajstić information content (AvgIpc) is 3.42. The molecule has 0 spiro atoms. The SMILES string of the molecule is CC(c1ccccc1)n1c(CNc2ncnc3nc[nH]c23)nc2cccn2c1=O. The molecule has 1 unspecified atom stereocenters. The molecule has 0 aliphatic rings. The second-order valence-electron chi connectivity index (χ2n) is 6.68. The summed E-state index contributed by atoms with van der Waals surface area (Å²) in [7, 11) is 0. The highest BCUT2D eigenvalue weighted by Crippen LogP contribution is 2.19. The van der Waals surface area contributed by atoms with Crippen molar-refractivity contribution >= 4 is 22.6 Å². The fraction of sp³-hybridized carbons (Fsp3) is 0.150. The van der Waals surface area contributed by atoms with Crippen molar-refractivity contribution in [3.05, 3.63) is 83.2 Å². The van der Waals surface area contributed by atoms with Gasteiger partial charge in [-0.15, -0.1) is 0 Å². The number of anilines is 1. The van der Waals surface area contributed by atoms with Gasteiger partial charge in [-0.25, -0.2) is 24.7 Å². The Morgan fingerprint density at radius 2 is 1.97 bits per heavy atom. The summed E-state index contributed by atoms with van der Waals surface area (Å²) in [6.07, 6.45) is 4.76. The third-order valence-electron chi connectivity index (χ3n) is 4.97. The highest BCUT2D eigenvalue weighted by Gasteiger charge is 2.18. The minimum atomic E-state index is -0.183. The fourth-order valence-corrected chi connectivity index (χ4v) is 3.49. The van der Waals surface area contributed by atoms with Crippen LogP contribution in [0.15, 0.2) is 66.1 Å². The Hall–Kier alpha value is -4.01. The van der Waals surface area contributed by atoms with Crippen molar-refractivity contribution in [2.24, 2.45) is 0 Å². The molecule has 1 aromatic carbocycles. The van der Waals surface area contributed by atoms with Gasteiger partial charge in [-0.1, -0.05) is 30.3 Å². The smallest absolute Gasteiger partial charge is 0.335 e. The van der Waals surface area contributed by atoms with Crippen LogP contribution in [0.5, 0.6) is 0 Å². The molecule has 4 aromatic heterocycles. The van der Waals surface area contributed by atoms with E-state index in [1.54, 1.807) is 21.5 Å². The zero-order valence-corrected chi connectivity index (χ0v) is 15.6. The molecule has 9 nitrogen and oxygen atoms in total. The molecule has 5 aromatic rings. The zero-order valence-electron chi connectivity index (χ0n) is 15.6. The number of hydrogen-bond acceptors (Lipinski definition) is 6. The molecular formula is C20H18N8O. The summed E-state index contributed by atoms with van der Waals surface area (Å²) in [4.78, 5) is 33.5. The molecule has 0 fully saturated rings. The molecular weight excluding hydrogens is 368 g/mol. The predicted octanol–water partition coefficient (Wildman–Crippen LogP) is 2.38. The fourth-order valence-electron chi connectivity index (χ4n) is 3.49. The van der Waals surface area contributed by atoms with Crippen molar-refractivity contribution in [1.82, 2.24) is 33.9 Å². The summed E-state index contributed by atoms with van der Waals surface area (Å²) in [5, 5.41) is 3.27. The van der Waals surface area contributed by atoms with Gasteiger partial charge in [0, 0.05) is 6.20 Å². The lowest BCUT2D eigenvalue weighted by atomic mass is 10.1. The monoisotopic (exact) mass is 386 g/mol. The van der Waals surface area contributed by atoms with E-state index in [1.807, 2.05) is 49.4 Å². The van der Waals surface area contributed by atoms with Crippen molar-refractivity contribution in [3.63, 3.8) is 0 Å². The van der Waals surface area contributed by atoms with E-state index in [-0.39, 0.29) is 11.7 Å². The lowest BCUT2D eigenvalue weighted by Gasteiger charge is -2.20. The molecule has 0 aliphatic carbocycles. The van der Waals surface area contributed by atoms with Gasteiger partial charge < -0.3 is 10.3 Å². The average molecular weight is 386 g/mol. The number of benzene rings is 1. The zero-order chi connectivity index (χ0) is 19.8. The number of imidazole rings is 1. The second kappa shape index (κ2) is 6.86. The minimum Gasteiger partial charge on any atom is -0.361 e. The number of rotatable bonds is 5. The van der Waals surface area contributed by atoms with Crippen molar-refractivity contribution in [2.75, 3.05) is 5.32 Å². The van der Waals surface area contributed by atoms with Crippen molar-refractivity contribution < 1.29 is 0 Å². The molecule has 0 saturated carbocycles. The Kier molecular flexibility index (Phi) is 4.05. The molecule has 0 aliphatic heterocycles. The van der Waals surface area contributed by atoms with Crippen LogP contribution >= 0.6 is 0 Å². The molecule has 4 heterocycles. The van der Waals surface area contributed by atoms with Gasteiger partial charge in [0.05, 0.1) is 18.9 Å². The van der Waals surface area contributed by atoms with Crippen LogP contribution in [0.3, 0.4) is 0 Å². The van der Waals surface area contributed by atoms with Crippen LogP contribution in [0.2, 0.25) is 0 Å². The molecule has 0 amide bonds. The van der Waals surface area contributed by atoms with E-state index >= 15 is 0 Å². The van der Waals surface area contributed by atoms with E-state index in [9.17, 15) is 4.79 Å². The van der Waals surface area contributed by atoms with Gasteiger partial charge in [-0.3, -0.25) is 8.97 Å². The van der Waals surface area contributed by atoms with Gasteiger partial charge in [-0.2, -0.15) is 0 Å². The highest BCUT2D eigenvalue weighted by molar-refractivity contribution is 5.81. The Morgan fingerprint density at radius 3 is 2.83 bits per heavy atom. The first-order valence-electron chi connectivity index (χ1n) is 9.24. The Labute approximate surface area is 165 Å². The van der Waals surface area contributed by atoms with Crippen LogP contribution in [-0.2, 0) is 6.54 Å². The molecule has 5 rings (SSSR count). The first-order chi connectivity index (χ1) is 14.2. The Bertz CT molecular complexity index is 1350. The first-order valence-corrected chi connectivity index (χ1v) is 9.24. The topological polar surface area (TPSA) is 106 Å². The third kappa shape index (κ3) is 2.92. The van der Waals surface area contributed by atoms with E-state index in [0.29, 0.717) is 35.0 Å². The van der Waals surface area contributed by atoms with Gasteiger partial charge in [0.25, 0.3) is 0 Å². The summed E-state index contributed by atoms with van der Waals surface area (Å²) >= 11 is 0. The molecule has 2 N–H and O–H groups in total. The van der Waals surface area contributed by atoms with Gasteiger partial charge in [0.2, 0.25) is 0 Å². The maximum Gasteiger partial charge on any atom is 0.335 e. The number of nitrogens with one attached hydrogen (secondary N) is 2. The van der Waals surface area contributed by atoms with Crippen molar-refractivity contribution in [3.8, 4) is 0 Å². The quantitative estimate of drug-likeness (QED) is 0.480. The number of hydrogen-bond donors (Lipinski definition) is 2. The second-order valence-corrected chi connectivity index (χ2v) is 6.68. The van der Waals surface area contributed by atoms with Crippen LogP contribution in [0.1, 0.15) is 24.4 Å². The van der Waals surface area contributed by atoms with Crippen molar-refractivity contribution in [2.45, 2.75) is 19.5 Å². The number of aromatic amines is 1. The third-order valence-corrected chi connectivity index (χ3v) is 4.97. The van der Waals surface area contributed by atoms with E-state index in [1.165, 1.54) is 6.33 Å². The lowest BCUT2D eigenvalue weighted by molar-refractivity contribution is 0.547. The highest BCUT2D eigenvalue weighted by atomic mass is 16.1. The molecule has 0 radical (unpaired) electrons. The maximum absolute atomic E-state index is 13.2. The van der Waals surface area contributed by atoms with E-state index < -0.39 is 0 Å². The van der Waals surface area contributed by atoms with Crippen LogP contribution in [-0.4, -0.2) is 33.9 Å². The lowest BCUT2D eigenvalue weighted by Crippen LogP contribution is -2.33. The van der Waals surface area contributed by atoms with Gasteiger partial charge in [-0.05, 0) is 24.6 Å². The summed E-state index contributed by atoms with van der Waals surface area (Å²) in [6, 6.07) is 13.4.